The Labute approximate surface area is 110 Å². The Balaban J connectivity index is 2.70. The number of carbonyl (C=O) groups is 1. The zero-order valence-corrected chi connectivity index (χ0v) is 11.2. The summed E-state index contributed by atoms with van der Waals surface area (Å²) in [6, 6.07) is 8.36. The summed E-state index contributed by atoms with van der Waals surface area (Å²) in [7, 11) is 0. The summed E-state index contributed by atoms with van der Waals surface area (Å²) in [5.74, 6) is 0.527. The number of nitrogens with zero attached hydrogens (tertiary/aromatic N) is 1. The van der Waals surface area contributed by atoms with Crippen molar-refractivity contribution in [2.45, 2.75) is 26.8 Å². The van der Waals surface area contributed by atoms with E-state index in [1.165, 1.54) is 17.8 Å². The Hall–Kier alpha value is -1.83. The molecule has 0 atom stereocenters. The minimum Gasteiger partial charge on any atom is -0.312 e. The molecule has 0 spiro atoms. The highest BCUT2D eigenvalue weighted by Crippen LogP contribution is 2.11. The molecule has 0 aliphatic rings. The first kappa shape index (κ1) is 14.2. The van der Waals surface area contributed by atoms with E-state index in [-0.39, 0.29) is 5.91 Å². The highest BCUT2D eigenvalue weighted by molar-refractivity contribution is 5.87. The maximum Gasteiger partial charge on any atom is 0.250 e. The summed E-state index contributed by atoms with van der Waals surface area (Å²) in [6.45, 7) is 12.1. The fourth-order valence-electron chi connectivity index (χ4n) is 1.80. The summed E-state index contributed by atoms with van der Waals surface area (Å²) in [6.07, 6.45) is 3.91. The standard InChI is InChI=1S/C16H21NO/c1-5-16(18)17(6-2)12-15-9-7-14(8-10-15)11-13(3)4/h5-10,13H,1-2,11-12H2,3-4H3. The molecular weight excluding hydrogens is 222 g/mol. The monoisotopic (exact) mass is 243 g/mol. The third kappa shape index (κ3) is 4.21. The van der Waals surface area contributed by atoms with Gasteiger partial charge in [-0.3, -0.25) is 4.79 Å². The molecule has 0 saturated heterocycles. The van der Waals surface area contributed by atoms with Crippen LogP contribution in [0.2, 0.25) is 0 Å². The molecule has 0 radical (unpaired) electrons. The van der Waals surface area contributed by atoms with Gasteiger partial charge in [-0.25, -0.2) is 0 Å². The molecular formula is C16H21NO. The lowest BCUT2D eigenvalue weighted by atomic mass is 10.0. The Kier molecular flexibility index (Phi) is 5.37. The van der Waals surface area contributed by atoms with Crippen LogP contribution in [-0.4, -0.2) is 10.8 Å². The van der Waals surface area contributed by atoms with Crippen LogP contribution in [0.5, 0.6) is 0 Å². The molecule has 18 heavy (non-hydrogen) atoms. The van der Waals surface area contributed by atoms with Gasteiger partial charge in [-0.05, 0) is 29.5 Å². The van der Waals surface area contributed by atoms with Crippen molar-refractivity contribution in [1.29, 1.82) is 0 Å². The van der Waals surface area contributed by atoms with Gasteiger partial charge >= 0.3 is 0 Å². The second-order valence-electron chi connectivity index (χ2n) is 4.77. The summed E-state index contributed by atoms with van der Waals surface area (Å²) in [4.78, 5) is 13.0. The van der Waals surface area contributed by atoms with Gasteiger partial charge in [0.15, 0.2) is 0 Å². The van der Waals surface area contributed by atoms with Crippen LogP contribution in [0, 0.1) is 5.92 Å². The Morgan fingerprint density at radius 1 is 1.22 bits per heavy atom. The maximum atomic E-state index is 11.5. The van der Waals surface area contributed by atoms with Gasteiger partial charge in [0.25, 0.3) is 0 Å². The van der Waals surface area contributed by atoms with Crippen LogP contribution in [-0.2, 0) is 17.8 Å². The Bertz CT molecular complexity index is 417. The molecule has 1 amide bonds. The highest BCUT2D eigenvalue weighted by atomic mass is 16.2. The van der Waals surface area contributed by atoms with Crippen LogP contribution >= 0.6 is 0 Å². The number of hydrogen-bond acceptors (Lipinski definition) is 1. The zero-order valence-electron chi connectivity index (χ0n) is 11.2. The molecule has 0 heterocycles. The summed E-state index contributed by atoms with van der Waals surface area (Å²) in [5.41, 5.74) is 2.42. The van der Waals surface area contributed by atoms with Gasteiger partial charge in [-0.15, -0.1) is 0 Å². The molecule has 0 aliphatic heterocycles. The summed E-state index contributed by atoms with van der Waals surface area (Å²) < 4.78 is 0. The molecule has 0 N–H and O–H groups in total. The van der Waals surface area contributed by atoms with E-state index < -0.39 is 0 Å². The Morgan fingerprint density at radius 2 is 1.78 bits per heavy atom. The van der Waals surface area contributed by atoms with Gasteiger partial charge in [-0.2, -0.15) is 0 Å². The van der Waals surface area contributed by atoms with Crippen LogP contribution in [0.1, 0.15) is 25.0 Å². The van der Waals surface area contributed by atoms with Crippen molar-refractivity contribution >= 4 is 5.91 Å². The van der Waals surface area contributed by atoms with E-state index in [1.807, 2.05) is 0 Å². The molecule has 0 unspecified atom stereocenters. The molecule has 0 bridgehead atoms. The molecule has 96 valence electrons. The lowest BCUT2D eigenvalue weighted by molar-refractivity contribution is -0.124. The first-order chi connectivity index (χ1) is 8.56. The topological polar surface area (TPSA) is 20.3 Å². The fourth-order valence-corrected chi connectivity index (χ4v) is 1.80. The van der Waals surface area contributed by atoms with Crippen molar-refractivity contribution < 1.29 is 4.79 Å². The number of carbonyl (C=O) groups excluding carboxylic acids is 1. The molecule has 0 aromatic heterocycles. The number of benzene rings is 1. The smallest absolute Gasteiger partial charge is 0.250 e. The number of hydrogen-bond donors (Lipinski definition) is 0. The van der Waals surface area contributed by atoms with E-state index >= 15 is 0 Å². The molecule has 1 aromatic rings. The third-order valence-electron chi connectivity index (χ3n) is 2.70. The zero-order chi connectivity index (χ0) is 13.5. The molecule has 1 aromatic carbocycles. The largest absolute Gasteiger partial charge is 0.312 e. The molecule has 0 aliphatic carbocycles. The summed E-state index contributed by atoms with van der Waals surface area (Å²) >= 11 is 0. The van der Waals surface area contributed by atoms with Gasteiger partial charge in [0, 0.05) is 6.20 Å². The van der Waals surface area contributed by atoms with E-state index in [9.17, 15) is 4.79 Å². The minimum atomic E-state index is -0.128. The van der Waals surface area contributed by atoms with Crippen molar-refractivity contribution in [3.05, 3.63) is 60.8 Å². The minimum absolute atomic E-state index is 0.128. The van der Waals surface area contributed by atoms with Crippen LogP contribution in [0.4, 0.5) is 0 Å². The molecule has 1 rings (SSSR count). The molecule has 0 saturated carbocycles. The van der Waals surface area contributed by atoms with Crippen molar-refractivity contribution in [2.75, 3.05) is 0 Å². The fraction of sp³-hybridized carbons (Fsp3) is 0.312. The quantitative estimate of drug-likeness (QED) is 0.700. The van der Waals surface area contributed by atoms with E-state index in [0.29, 0.717) is 12.5 Å². The first-order valence-corrected chi connectivity index (χ1v) is 6.20. The lowest BCUT2D eigenvalue weighted by Gasteiger charge is -2.16. The average Bonchev–Trinajstić information content (AvgIpc) is 2.36. The van der Waals surface area contributed by atoms with Crippen molar-refractivity contribution in [3.63, 3.8) is 0 Å². The maximum absolute atomic E-state index is 11.5. The van der Waals surface area contributed by atoms with Crippen LogP contribution in [0.25, 0.3) is 0 Å². The van der Waals surface area contributed by atoms with Crippen LogP contribution < -0.4 is 0 Å². The van der Waals surface area contributed by atoms with Crippen molar-refractivity contribution in [1.82, 2.24) is 4.90 Å². The predicted molar refractivity (Wildman–Crippen MR) is 75.9 cm³/mol. The molecule has 2 heteroatoms. The van der Waals surface area contributed by atoms with Crippen LogP contribution in [0.15, 0.2) is 49.7 Å². The Morgan fingerprint density at radius 3 is 2.22 bits per heavy atom. The SMILES string of the molecule is C=CC(=O)N(C=C)Cc1ccc(CC(C)C)cc1. The first-order valence-electron chi connectivity index (χ1n) is 6.20. The van der Waals surface area contributed by atoms with Gasteiger partial charge in [-0.1, -0.05) is 51.3 Å². The van der Waals surface area contributed by atoms with Crippen molar-refractivity contribution in [3.8, 4) is 0 Å². The number of rotatable bonds is 6. The van der Waals surface area contributed by atoms with Crippen molar-refractivity contribution in [2.24, 2.45) is 5.92 Å². The summed E-state index contributed by atoms with van der Waals surface area (Å²) in [5, 5.41) is 0. The predicted octanol–water partition coefficient (Wildman–Crippen LogP) is 3.54. The van der Waals surface area contributed by atoms with Gasteiger partial charge in [0.1, 0.15) is 0 Å². The molecule has 0 fully saturated rings. The lowest BCUT2D eigenvalue weighted by Crippen LogP contribution is -2.22. The van der Waals surface area contributed by atoms with E-state index in [4.69, 9.17) is 0 Å². The second kappa shape index (κ2) is 6.80. The molecule has 2 nitrogen and oxygen atoms in total. The van der Waals surface area contributed by atoms with Gasteiger partial charge in [0.05, 0.1) is 6.54 Å². The van der Waals surface area contributed by atoms with E-state index in [1.54, 1.807) is 4.90 Å². The van der Waals surface area contributed by atoms with Gasteiger partial charge in [0.2, 0.25) is 5.91 Å². The van der Waals surface area contributed by atoms with Gasteiger partial charge < -0.3 is 4.90 Å². The van der Waals surface area contributed by atoms with E-state index in [0.717, 1.165) is 12.0 Å². The van der Waals surface area contributed by atoms with Crippen LogP contribution in [0.3, 0.4) is 0 Å². The number of amides is 1. The third-order valence-corrected chi connectivity index (χ3v) is 2.70. The average molecular weight is 243 g/mol. The second-order valence-corrected chi connectivity index (χ2v) is 4.77. The van der Waals surface area contributed by atoms with E-state index in [2.05, 4.69) is 51.3 Å². The normalized spacial score (nSPS) is 10.2. The highest BCUT2D eigenvalue weighted by Gasteiger charge is 2.07.